The summed E-state index contributed by atoms with van der Waals surface area (Å²) >= 11 is 12.1. The molecule has 6 heteroatoms. The fraction of sp³-hybridized carbons (Fsp3) is 0.529. The number of benzene rings is 1. The number of halogens is 2. The molecule has 0 aromatic heterocycles. The van der Waals surface area contributed by atoms with Crippen molar-refractivity contribution in [1.29, 1.82) is 0 Å². The van der Waals surface area contributed by atoms with Gasteiger partial charge in [-0.15, -0.1) is 0 Å². The summed E-state index contributed by atoms with van der Waals surface area (Å²) in [5.74, 6) is -0.294. The Labute approximate surface area is 148 Å². The van der Waals surface area contributed by atoms with Gasteiger partial charge in [0.25, 0.3) is 0 Å². The molecule has 0 saturated carbocycles. The molecular formula is C17H24Cl2N2O2. The first-order valence-corrected chi connectivity index (χ1v) is 8.36. The van der Waals surface area contributed by atoms with Gasteiger partial charge in [-0.2, -0.15) is 0 Å². The minimum absolute atomic E-state index is 0.104. The maximum absolute atomic E-state index is 12.4. The van der Waals surface area contributed by atoms with Crippen LogP contribution in [0.25, 0.3) is 0 Å². The number of rotatable bonds is 5. The van der Waals surface area contributed by atoms with Crippen molar-refractivity contribution in [1.82, 2.24) is 10.2 Å². The molecule has 23 heavy (non-hydrogen) atoms. The van der Waals surface area contributed by atoms with E-state index in [0.29, 0.717) is 16.5 Å². The molecule has 0 fully saturated rings. The summed E-state index contributed by atoms with van der Waals surface area (Å²) in [4.78, 5) is 26.2. The Bertz CT molecular complexity index is 582. The molecule has 0 aliphatic carbocycles. The van der Waals surface area contributed by atoms with Crippen molar-refractivity contribution >= 4 is 35.0 Å². The van der Waals surface area contributed by atoms with E-state index in [1.165, 1.54) is 4.90 Å². The summed E-state index contributed by atoms with van der Waals surface area (Å²) in [6.07, 6.45) is 0.318. The van der Waals surface area contributed by atoms with Gasteiger partial charge in [0.15, 0.2) is 0 Å². The van der Waals surface area contributed by atoms with Gasteiger partial charge in [-0.3, -0.25) is 9.59 Å². The predicted octanol–water partition coefficient (Wildman–Crippen LogP) is 4.04. The molecule has 1 atom stereocenters. The monoisotopic (exact) mass is 358 g/mol. The van der Waals surface area contributed by atoms with Crippen molar-refractivity contribution < 1.29 is 9.59 Å². The molecule has 0 spiro atoms. The van der Waals surface area contributed by atoms with E-state index in [2.05, 4.69) is 5.32 Å². The molecular weight excluding hydrogens is 335 g/mol. The summed E-state index contributed by atoms with van der Waals surface area (Å²) in [5, 5.41) is 3.92. The molecule has 1 rings (SSSR count). The van der Waals surface area contributed by atoms with Crippen molar-refractivity contribution in [2.45, 2.75) is 59.2 Å². The number of nitrogens with one attached hydrogen (secondary N) is 1. The van der Waals surface area contributed by atoms with Crippen LogP contribution in [0.15, 0.2) is 18.2 Å². The van der Waals surface area contributed by atoms with E-state index in [1.807, 2.05) is 20.8 Å². The SMILES string of the molecule is CCC(=O)N(Cc1ccc(Cl)cc1Cl)[C@H](C)C(=O)NC(C)(C)C. The summed E-state index contributed by atoms with van der Waals surface area (Å²) in [6, 6.07) is 4.53. The average Bonchev–Trinajstić information content (AvgIpc) is 2.43. The minimum atomic E-state index is -0.589. The quantitative estimate of drug-likeness (QED) is 0.863. The fourth-order valence-corrected chi connectivity index (χ4v) is 2.56. The van der Waals surface area contributed by atoms with Gasteiger partial charge in [0.1, 0.15) is 6.04 Å². The van der Waals surface area contributed by atoms with Gasteiger partial charge in [0.2, 0.25) is 11.8 Å². The lowest BCUT2D eigenvalue weighted by molar-refractivity contribution is -0.141. The molecule has 0 bridgehead atoms. The number of carbonyl (C=O) groups is 2. The number of hydrogen-bond acceptors (Lipinski definition) is 2. The Hall–Kier alpha value is -1.26. The molecule has 1 aromatic rings. The second-order valence-corrected chi connectivity index (χ2v) is 7.37. The van der Waals surface area contributed by atoms with Crippen molar-refractivity contribution in [3.8, 4) is 0 Å². The zero-order valence-corrected chi connectivity index (χ0v) is 15.8. The number of hydrogen-bond donors (Lipinski definition) is 1. The second-order valence-electron chi connectivity index (χ2n) is 6.53. The third-order valence-electron chi connectivity index (χ3n) is 3.32. The van der Waals surface area contributed by atoms with E-state index < -0.39 is 6.04 Å². The molecule has 0 radical (unpaired) electrons. The van der Waals surface area contributed by atoms with Crippen LogP contribution in [0.4, 0.5) is 0 Å². The lowest BCUT2D eigenvalue weighted by atomic mass is 10.1. The van der Waals surface area contributed by atoms with Crippen LogP contribution in [0.5, 0.6) is 0 Å². The van der Waals surface area contributed by atoms with E-state index >= 15 is 0 Å². The highest BCUT2D eigenvalue weighted by Crippen LogP contribution is 2.23. The molecule has 0 aliphatic heterocycles. The minimum Gasteiger partial charge on any atom is -0.350 e. The molecule has 128 valence electrons. The van der Waals surface area contributed by atoms with Crippen molar-refractivity contribution in [3.63, 3.8) is 0 Å². The highest BCUT2D eigenvalue weighted by Gasteiger charge is 2.27. The molecule has 0 unspecified atom stereocenters. The number of nitrogens with zero attached hydrogens (tertiary/aromatic N) is 1. The van der Waals surface area contributed by atoms with Crippen molar-refractivity contribution in [2.75, 3.05) is 0 Å². The first kappa shape index (κ1) is 19.8. The normalized spacial score (nSPS) is 12.7. The Morgan fingerprint density at radius 2 is 1.87 bits per heavy atom. The Kier molecular flexibility index (Phi) is 6.90. The summed E-state index contributed by atoms with van der Waals surface area (Å²) in [7, 11) is 0. The first-order chi connectivity index (χ1) is 10.5. The van der Waals surface area contributed by atoms with Crippen LogP contribution in [-0.4, -0.2) is 28.3 Å². The molecule has 0 heterocycles. The first-order valence-electron chi connectivity index (χ1n) is 7.60. The van der Waals surface area contributed by atoms with Crippen LogP contribution < -0.4 is 5.32 Å². The smallest absolute Gasteiger partial charge is 0.242 e. The lowest BCUT2D eigenvalue weighted by Crippen LogP contribution is -2.52. The molecule has 1 aromatic carbocycles. The Morgan fingerprint density at radius 3 is 2.35 bits per heavy atom. The number of amides is 2. The van der Waals surface area contributed by atoms with Crippen molar-refractivity contribution in [2.24, 2.45) is 0 Å². The maximum Gasteiger partial charge on any atom is 0.242 e. The van der Waals surface area contributed by atoms with Gasteiger partial charge < -0.3 is 10.2 Å². The van der Waals surface area contributed by atoms with Crippen LogP contribution in [0.3, 0.4) is 0 Å². The Balaban J connectivity index is 3.00. The van der Waals surface area contributed by atoms with Gasteiger partial charge in [0.05, 0.1) is 0 Å². The van der Waals surface area contributed by atoms with Gasteiger partial charge >= 0.3 is 0 Å². The van der Waals surface area contributed by atoms with Gasteiger partial charge in [-0.05, 0) is 45.4 Å². The van der Waals surface area contributed by atoms with Crippen molar-refractivity contribution in [3.05, 3.63) is 33.8 Å². The predicted molar refractivity (Wildman–Crippen MR) is 94.7 cm³/mol. The summed E-state index contributed by atoms with van der Waals surface area (Å²) in [6.45, 7) is 9.46. The fourth-order valence-electron chi connectivity index (χ4n) is 2.09. The largest absolute Gasteiger partial charge is 0.350 e. The average molecular weight is 359 g/mol. The zero-order chi connectivity index (χ0) is 17.8. The van der Waals surface area contributed by atoms with E-state index in [9.17, 15) is 9.59 Å². The van der Waals surface area contributed by atoms with Gasteiger partial charge in [-0.25, -0.2) is 0 Å². The van der Waals surface area contributed by atoms with Crippen LogP contribution in [0, 0.1) is 0 Å². The molecule has 0 saturated heterocycles. The standard InChI is InChI=1S/C17H24Cl2N2O2/c1-6-15(22)21(11(2)16(23)20-17(3,4)5)10-12-7-8-13(18)9-14(12)19/h7-9,11H,6,10H2,1-5H3,(H,20,23)/t11-/m1/s1. The Morgan fingerprint density at radius 1 is 1.26 bits per heavy atom. The zero-order valence-electron chi connectivity index (χ0n) is 14.2. The third-order valence-corrected chi connectivity index (χ3v) is 3.91. The molecule has 1 N–H and O–H groups in total. The summed E-state index contributed by atoms with van der Waals surface area (Å²) in [5.41, 5.74) is 0.401. The van der Waals surface area contributed by atoms with Gasteiger partial charge in [-0.1, -0.05) is 36.2 Å². The molecule has 0 aliphatic rings. The topological polar surface area (TPSA) is 49.4 Å². The van der Waals surface area contributed by atoms with E-state index in [1.54, 1.807) is 32.0 Å². The lowest BCUT2D eigenvalue weighted by Gasteiger charge is -2.31. The molecule has 4 nitrogen and oxygen atoms in total. The highest BCUT2D eigenvalue weighted by molar-refractivity contribution is 6.35. The maximum atomic E-state index is 12.4. The van der Waals surface area contributed by atoms with Gasteiger partial charge in [0, 0.05) is 28.5 Å². The van der Waals surface area contributed by atoms with Crippen LogP contribution in [-0.2, 0) is 16.1 Å². The van der Waals surface area contributed by atoms with Crippen LogP contribution >= 0.6 is 23.2 Å². The van der Waals surface area contributed by atoms with E-state index in [-0.39, 0.29) is 23.9 Å². The van der Waals surface area contributed by atoms with Crippen LogP contribution in [0.1, 0.15) is 46.6 Å². The second kappa shape index (κ2) is 8.02. The van der Waals surface area contributed by atoms with E-state index in [4.69, 9.17) is 23.2 Å². The highest BCUT2D eigenvalue weighted by atomic mass is 35.5. The number of carbonyl (C=O) groups excluding carboxylic acids is 2. The molecule has 2 amide bonds. The third kappa shape index (κ3) is 6.04. The summed E-state index contributed by atoms with van der Waals surface area (Å²) < 4.78 is 0. The van der Waals surface area contributed by atoms with Crippen LogP contribution in [0.2, 0.25) is 10.0 Å². The van der Waals surface area contributed by atoms with E-state index in [0.717, 1.165) is 5.56 Å².